The second kappa shape index (κ2) is 3.32. The van der Waals surface area contributed by atoms with Gasteiger partial charge < -0.3 is 5.11 Å². The zero-order chi connectivity index (χ0) is 7.56. The van der Waals surface area contributed by atoms with Gasteiger partial charge in [0.25, 0.3) is 0 Å². The molecule has 0 aliphatic heterocycles. The summed E-state index contributed by atoms with van der Waals surface area (Å²) in [5, 5.41) is 11.2. The van der Waals surface area contributed by atoms with E-state index in [2.05, 4.69) is 22.5 Å². The van der Waals surface area contributed by atoms with Gasteiger partial charge in [-0.15, -0.1) is 17.9 Å². The molecule has 3 heteroatoms. The summed E-state index contributed by atoms with van der Waals surface area (Å²) in [5.41, 5.74) is 0. The zero-order valence-electron chi connectivity index (χ0n) is 5.25. The smallest absolute Gasteiger partial charge is 0.107 e. The Bertz CT molecular complexity index is 231. The molecule has 10 heavy (non-hydrogen) atoms. The topological polar surface area (TPSA) is 20.2 Å². The van der Waals surface area contributed by atoms with Crippen molar-refractivity contribution in [3.05, 3.63) is 33.5 Å². The highest BCUT2D eigenvalue weighted by molar-refractivity contribution is 9.10. The molecule has 0 aliphatic carbocycles. The van der Waals surface area contributed by atoms with Gasteiger partial charge in [0.05, 0.1) is 4.88 Å². The highest BCUT2D eigenvalue weighted by atomic mass is 79.9. The Labute approximate surface area is 72.1 Å². The molecule has 1 aromatic rings. The average Bonchev–Trinajstić information content (AvgIpc) is 2.34. The largest absolute Gasteiger partial charge is 0.383 e. The summed E-state index contributed by atoms with van der Waals surface area (Å²) in [4.78, 5) is 0.912. The van der Waals surface area contributed by atoms with Crippen molar-refractivity contribution in [3.63, 3.8) is 0 Å². The van der Waals surface area contributed by atoms with Crippen molar-refractivity contribution in [1.29, 1.82) is 0 Å². The van der Waals surface area contributed by atoms with E-state index in [4.69, 9.17) is 0 Å². The summed E-state index contributed by atoms with van der Waals surface area (Å²) < 4.78 is 0.949. The van der Waals surface area contributed by atoms with Crippen molar-refractivity contribution >= 4 is 27.3 Å². The lowest BCUT2D eigenvalue weighted by molar-refractivity contribution is 0.232. The summed E-state index contributed by atoms with van der Waals surface area (Å²) in [6.07, 6.45) is 0.978. The Morgan fingerprint density at radius 2 is 2.50 bits per heavy atom. The van der Waals surface area contributed by atoms with E-state index in [0.717, 1.165) is 9.35 Å². The van der Waals surface area contributed by atoms with E-state index >= 15 is 0 Å². The SMILES string of the molecule is C=CC(O)c1sccc1Br. The lowest BCUT2D eigenvalue weighted by atomic mass is 10.3. The zero-order valence-corrected chi connectivity index (χ0v) is 7.65. The van der Waals surface area contributed by atoms with Crippen molar-refractivity contribution < 1.29 is 5.11 Å². The van der Waals surface area contributed by atoms with Crippen LogP contribution in [0.15, 0.2) is 28.6 Å². The van der Waals surface area contributed by atoms with Crippen LogP contribution in [0.4, 0.5) is 0 Å². The molecule has 1 atom stereocenters. The second-order valence-corrected chi connectivity index (χ2v) is 3.62. The first-order chi connectivity index (χ1) is 4.75. The number of aliphatic hydroxyl groups excluding tert-OH is 1. The minimum absolute atomic E-state index is 0.533. The average molecular weight is 219 g/mol. The molecule has 1 unspecified atom stereocenters. The molecule has 54 valence electrons. The number of thiophene rings is 1. The molecular weight excluding hydrogens is 212 g/mol. The maximum atomic E-state index is 9.26. The van der Waals surface area contributed by atoms with E-state index < -0.39 is 6.10 Å². The summed E-state index contributed by atoms with van der Waals surface area (Å²) >= 11 is 4.82. The Kier molecular flexibility index (Phi) is 2.65. The number of hydrogen-bond donors (Lipinski definition) is 1. The first-order valence-electron chi connectivity index (χ1n) is 2.79. The van der Waals surface area contributed by atoms with Crippen LogP contribution in [0.5, 0.6) is 0 Å². The normalized spacial score (nSPS) is 13.0. The molecule has 0 bridgehead atoms. The van der Waals surface area contributed by atoms with Crippen LogP contribution in [0, 0.1) is 0 Å². The molecule has 0 aliphatic rings. The van der Waals surface area contributed by atoms with Crippen LogP contribution in [-0.4, -0.2) is 5.11 Å². The molecule has 0 amide bonds. The number of hydrogen-bond acceptors (Lipinski definition) is 2. The standard InChI is InChI=1S/C7H7BrOS/c1-2-6(9)7-5(8)3-4-10-7/h2-4,6,9H,1H2. The highest BCUT2D eigenvalue weighted by Gasteiger charge is 2.07. The van der Waals surface area contributed by atoms with Gasteiger partial charge in [-0.1, -0.05) is 6.08 Å². The predicted octanol–water partition coefficient (Wildman–Crippen LogP) is 2.73. The fourth-order valence-corrected chi connectivity index (χ4v) is 2.21. The predicted molar refractivity (Wildman–Crippen MR) is 47.2 cm³/mol. The minimum atomic E-state index is -0.533. The molecule has 1 heterocycles. The highest BCUT2D eigenvalue weighted by Crippen LogP contribution is 2.29. The van der Waals surface area contributed by atoms with Crippen LogP contribution in [0.25, 0.3) is 0 Å². The van der Waals surface area contributed by atoms with E-state index in [-0.39, 0.29) is 0 Å². The van der Waals surface area contributed by atoms with Gasteiger partial charge in [0.2, 0.25) is 0 Å². The number of aliphatic hydroxyl groups is 1. The molecule has 1 aromatic heterocycles. The van der Waals surface area contributed by atoms with E-state index in [1.165, 1.54) is 17.4 Å². The Balaban J connectivity index is 2.92. The number of rotatable bonds is 2. The van der Waals surface area contributed by atoms with Crippen LogP contribution in [0.3, 0.4) is 0 Å². The van der Waals surface area contributed by atoms with Crippen molar-refractivity contribution in [2.24, 2.45) is 0 Å². The van der Waals surface area contributed by atoms with Crippen molar-refractivity contribution in [3.8, 4) is 0 Å². The lowest BCUT2D eigenvalue weighted by Crippen LogP contribution is -1.87. The monoisotopic (exact) mass is 218 g/mol. The molecule has 0 saturated heterocycles. The third kappa shape index (κ3) is 1.48. The van der Waals surface area contributed by atoms with E-state index in [9.17, 15) is 5.11 Å². The molecule has 1 rings (SSSR count). The molecule has 0 saturated carbocycles. The molecule has 1 nitrogen and oxygen atoms in total. The lowest BCUT2D eigenvalue weighted by Gasteiger charge is -2.00. The first kappa shape index (κ1) is 7.98. The van der Waals surface area contributed by atoms with Crippen molar-refractivity contribution in [2.75, 3.05) is 0 Å². The van der Waals surface area contributed by atoms with Gasteiger partial charge >= 0.3 is 0 Å². The van der Waals surface area contributed by atoms with Gasteiger partial charge in [-0.25, -0.2) is 0 Å². The van der Waals surface area contributed by atoms with Crippen LogP contribution < -0.4 is 0 Å². The quantitative estimate of drug-likeness (QED) is 0.758. The Hall–Kier alpha value is -0.120. The Morgan fingerprint density at radius 1 is 1.80 bits per heavy atom. The van der Waals surface area contributed by atoms with E-state index in [1.807, 2.05) is 11.4 Å². The maximum Gasteiger partial charge on any atom is 0.107 e. The third-order valence-corrected chi connectivity index (χ3v) is 3.08. The van der Waals surface area contributed by atoms with Gasteiger partial charge in [0, 0.05) is 4.47 Å². The van der Waals surface area contributed by atoms with Crippen LogP contribution >= 0.6 is 27.3 Å². The first-order valence-corrected chi connectivity index (χ1v) is 4.46. The maximum absolute atomic E-state index is 9.26. The van der Waals surface area contributed by atoms with Crippen LogP contribution in [-0.2, 0) is 0 Å². The third-order valence-electron chi connectivity index (χ3n) is 1.14. The van der Waals surface area contributed by atoms with Crippen molar-refractivity contribution in [2.45, 2.75) is 6.10 Å². The number of halogens is 1. The van der Waals surface area contributed by atoms with E-state index in [0.29, 0.717) is 0 Å². The van der Waals surface area contributed by atoms with Crippen molar-refractivity contribution in [1.82, 2.24) is 0 Å². The van der Waals surface area contributed by atoms with Gasteiger partial charge in [-0.3, -0.25) is 0 Å². The second-order valence-electron chi connectivity index (χ2n) is 1.81. The van der Waals surface area contributed by atoms with Gasteiger partial charge in [-0.2, -0.15) is 0 Å². The summed E-state index contributed by atoms with van der Waals surface area (Å²) in [6, 6.07) is 1.91. The molecule has 0 aromatic carbocycles. The summed E-state index contributed by atoms with van der Waals surface area (Å²) in [7, 11) is 0. The van der Waals surface area contributed by atoms with Crippen LogP contribution in [0.2, 0.25) is 0 Å². The summed E-state index contributed by atoms with van der Waals surface area (Å²) in [5.74, 6) is 0. The molecule has 0 radical (unpaired) electrons. The van der Waals surface area contributed by atoms with Gasteiger partial charge in [-0.05, 0) is 27.4 Å². The fourth-order valence-electron chi connectivity index (χ4n) is 0.624. The fraction of sp³-hybridized carbons (Fsp3) is 0.143. The molecule has 0 spiro atoms. The van der Waals surface area contributed by atoms with Crippen LogP contribution in [0.1, 0.15) is 11.0 Å². The van der Waals surface area contributed by atoms with Gasteiger partial charge in [0.15, 0.2) is 0 Å². The summed E-state index contributed by atoms with van der Waals surface area (Å²) in [6.45, 7) is 3.49. The molecular formula is C7H7BrOS. The van der Waals surface area contributed by atoms with Gasteiger partial charge in [0.1, 0.15) is 6.10 Å². The minimum Gasteiger partial charge on any atom is -0.383 e. The Morgan fingerprint density at radius 3 is 2.90 bits per heavy atom. The molecule has 0 fully saturated rings. The van der Waals surface area contributed by atoms with E-state index in [1.54, 1.807) is 0 Å². The molecule has 1 N–H and O–H groups in total.